The van der Waals surface area contributed by atoms with E-state index in [4.69, 9.17) is 23.2 Å². The fourth-order valence-electron chi connectivity index (χ4n) is 2.79. The van der Waals surface area contributed by atoms with Gasteiger partial charge < -0.3 is 0 Å². The lowest BCUT2D eigenvalue weighted by molar-refractivity contribution is 0.540. The fourth-order valence-corrected chi connectivity index (χ4v) is 3.39. The number of alkyl halides is 1. The van der Waals surface area contributed by atoms with Crippen LogP contribution in [-0.2, 0) is 12.8 Å². The third-order valence-corrected chi connectivity index (χ3v) is 4.78. The average molecular weight is 295 g/mol. The fraction of sp³-hybridized carbons (Fsp3) is 0.250. The topological polar surface area (TPSA) is 0 Å². The van der Waals surface area contributed by atoms with Crippen molar-refractivity contribution in [2.75, 3.05) is 0 Å². The van der Waals surface area contributed by atoms with Crippen molar-refractivity contribution < 1.29 is 4.39 Å². The Kier molecular flexibility index (Phi) is 3.51. The second kappa shape index (κ2) is 5.15. The predicted molar refractivity (Wildman–Crippen MR) is 77.3 cm³/mol. The molecule has 0 amide bonds. The predicted octanol–water partition coefficient (Wildman–Crippen LogP) is 5.17. The van der Waals surface area contributed by atoms with Crippen molar-refractivity contribution in [2.24, 2.45) is 5.92 Å². The van der Waals surface area contributed by atoms with E-state index >= 15 is 0 Å². The highest BCUT2D eigenvalue weighted by Gasteiger charge is 2.31. The zero-order chi connectivity index (χ0) is 13.4. The lowest BCUT2D eigenvalue weighted by Crippen LogP contribution is -2.07. The standard InChI is InChI=1S/C16H13Cl2F/c17-15-12(8-10-4-1-2-6-13(10)15)9-11-5-3-7-14(19)16(11)18/h1-7,12,15H,8-9H2. The number of hydrogen-bond donors (Lipinski definition) is 0. The summed E-state index contributed by atoms with van der Waals surface area (Å²) in [6.07, 6.45) is 1.64. The Balaban J connectivity index is 1.85. The lowest BCUT2D eigenvalue weighted by Gasteiger charge is -2.15. The number of rotatable bonds is 2. The van der Waals surface area contributed by atoms with Gasteiger partial charge in [0.1, 0.15) is 5.82 Å². The SMILES string of the molecule is Fc1cccc(CC2Cc3ccccc3C2Cl)c1Cl. The highest BCUT2D eigenvalue weighted by atomic mass is 35.5. The van der Waals surface area contributed by atoms with Crippen LogP contribution in [0.2, 0.25) is 5.02 Å². The maximum absolute atomic E-state index is 13.4. The van der Waals surface area contributed by atoms with Gasteiger partial charge in [0.2, 0.25) is 0 Å². The van der Waals surface area contributed by atoms with Gasteiger partial charge in [-0.05, 0) is 41.5 Å². The van der Waals surface area contributed by atoms with Crippen LogP contribution in [0.4, 0.5) is 4.39 Å². The monoisotopic (exact) mass is 294 g/mol. The molecule has 0 nitrogen and oxygen atoms in total. The molecule has 0 bridgehead atoms. The molecular formula is C16H13Cl2F. The average Bonchev–Trinajstić information content (AvgIpc) is 2.73. The largest absolute Gasteiger partial charge is 0.205 e. The third kappa shape index (κ3) is 2.37. The van der Waals surface area contributed by atoms with Crippen molar-refractivity contribution in [3.05, 3.63) is 70.0 Å². The Hall–Kier alpha value is -1.05. The molecule has 2 aromatic rings. The first-order valence-corrected chi connectivity index (χ1v) is 7.13. The normalized spacial score (nSPS) is 21.4. The van der Waals surface area contributed by atoms with Gasteiger partial charge in [0.15, 0.2) is 0 Å². The number of benzene rings is 2. The Labute approximate surface area is 122 Å². The van der Waals surface area contributed by atoms with E-state index < -0.39 is 0 Å². The van der Waals surface area contributed by atoms with Gasteiger partial charge in [0.25, 0.3) is 0 Å². The van der Waals surface area contributed by atoms with Crippen LogP contribution < -0.4 is 0 Å². The summed E-state index contributed by atoms with van der Waals surface area (Å²) in [5.41, 5.74) is 3.33. The van der Waals surface area contributed by atoms with Crippen molar-refractivity contribution in [1.29, 1.82) is 0 Å². The summed E-state index contributed by atoms with van der Waals surface area (Å²) in [6.45, 7) is 0. The Morgan fingerprint density at radius 1 is 1.11 bits per heavy atom. The summed E-state index contributed by atoms with van der Waals surface area (Å²) in [5, 5.41) is 0.206. The van der Waals surface area contributed by atoms with E-state index in [1.54, 1.807) is 6.07 Å². The molecule has 2 aromatic carbocycles. The first kappa shape index (κ1) is 13.0. The molecule has 0 aromatic heterocycles. The molecule has 0 aliphatic heterocycles. The summed E-state index contributed by atoms with van der Waals surface area (Å²) in [4.78, 5) is 0. The zero-order valence-corrected chi connectivity index (χ0v) is 11.8. The molecule has 98 valence electrons. The van der Waals surface area contributed by atoms with Gasteiger partial charge in [-0.15, -0.1) is 11.6 Å². The minimum absolute atomic E-state index is 0.0180. The molecular weight excluding hydrogens is 282 g/mol. The molecule has 2 unspecified atom stereocenters. The molecule has 1 aliphatic rings. The highest BCUT2D eigenvalue weighted by molar-refractivity contribution is 6.31. The molecule has 0 radical (unpaired) electrons. The maximum atomic E-state index is 13.4. The molecule has 3 heteroatoms. The minimum atomic E-state index is -0.360. The van der Waals surface area contributed by atoms with Crippen molar-refractivity contribution in [1.82, 2.24) is 0 Å². The zero-order valence-electron chi connectivity index (χ0n) is 10.2. The van der Waals surface area contributed by atoms with Crippen molar-refractivity contribution in [3.8, 4) is 0 Å². The summed E-state index contributed by atoms with van der Waals surface area (Å²) in [6, 6.07) is 13.2. The third-order valence-electron chi connectivity index (χ3n) is 3.76. The van der Waals surface area contributed by atoms with Gasteiger partial charge in [0, 0.05) is 0 Å². The maximum Gasteiger partial charge on any atom is 0.142 e. The molecule has 3 rings (SSSR count). The van der Waals surface area contributed by atoms with Gasteiger partial charge in [-0.3, -0.25) is 0 Å². The Morgan fingerprint density at radius 3 is 2.68 bits per heavy atom. The molecule has 0 heterocycles. The second-order valence-electron chi connectivity index (χ2n) is 4.98. The molecule has 1 aliphatic carbocycles. The Bertz CT molecular complexity index is 609. The number of fused-ring (bicyclic) bond motifs is 1. The second-order valence-corrected chi connectivity index (χ2v) is 5.83. The lowest BCUT2D eigenvalue weighted by atomic mass is 9.96. The summed E-state index contributed by atoms with van der Waals surface area (Å²) in [7, 11) is 0. The van der Waals surface area contributed by atoms with E-state index in [2.05, 4.69) is 12.1 Å². The number of halogens is 3. The quantitative estimate of drug-likeness (QED) is 0.670. The summed E-state index contributed by atoms with van der Waals surface area (Å²) in [5.74, 6) is -0.0841. The van der Waals surface area contributed by atoms with Gasteiger partial charge in [-0.1, -0.05) is 48.0 Å². The van der Waals surface area contributed by atoms with E-state index in [1.807, 2.05) is 18.2 Å². The van der Waals surface area contributed by atoms with E-state index in [0.717, 1.165) is 12.0 Å². The van der Waals surface area contributed by atoms with Crippen LogP contribution in [0.3, 0.4) is 0 Å². The van der Waals surface area contributed by atoms with Crippen LogP contribution in [-0.4, -0.2) is 0 Å². The smallest absolute Gasteiger partial charge is 0.142 e. The molecule has 0 N–H and O–H groups in total. The minimum Gasteiger partial charge on any atom is -0.205 e. The van der Waals surface area contributed by atoms with E-state index in [1.165, 1.54) is 17.2 Å². The van der Waals surface area contributed by atoms with Crippen molar-refractivity contribution in [3.63, 3.8) is 0 Å². The first-order valence-electron chi connectivity index (χ1n) is 6.31. The van der Waals surface area contributed by atoms with Gasteiger partial charge in [-0.25, -0.2) is 4.39 Å². The van der Waals surface area contributed by atoms with E-state index in [9.17, 15) is 4.39 Å². The molecule has 0 spiro atoms. The molecule has 0 fully saturated rings. The van der Waals surface area contributed by atoms with Crippen LogP contribution in [0.1, 0.15) is 22.1 Å². The van der Waals surface area contributed by atoms with Crippen LogP contribution in [0.5, 0.6) is 0 Å². The molecule has 2 atom stereocenters. The van der Waals surface area contributed by atoms with Gasteiger partial charge >= 0.3 is 0 Å². The van der Waals surface area contributed by atoms with Gasteiger partial charge in [-0.2, -0.15) is 0 Å². The number of hydrogen-bond acceptors (Lipinski definition) is 0. The highest BCUT2D eigenvalue weighted by Crippen LogP contribution is 2.42. The first-order chi connectivity index (χ1) is 9.16. The summed E-state index contributed by atoms with van der Waals surface area (Å²) < 4.78 is 13.4. The Morgan fingerprint density at radius 2 is 1.89 bits per heavy atom. The van der Waals surface area contributed by atoms with Crippen LogP contribution in [0, 0.1) is 11.7 Å². The van der Waals surface area contributed by atoms with Crippen LogP contribution in [0.15, 0.2) is 42.5 Å². The van der Waals surface area contributed by atoms with Crippen molar-refractivity contribution >= 4 is 23.2 Å². The van der Waals surface area contributed by atoms with E-state index in [-0.39, 0.29) is 22.1 Å². The molecule has 0 saturated heterocycles. The summed E-state index contributed by atoms with van der Waals surface area (Å²) >= 11 is 12.5. The van der Waals surface area contributed by atoms with E-state index in [0.29, 0.717) is 6.42 Å². The molecule has 0 saturated carbocycles. The van der Waals surface area contributed by atoms with Crippen LogP contribution >= 0.6 is 23.2 Å². The van der Waals surface area contributed by atoms with Crippen molar-refractivity contribution in [2.45, 2.75) is 18.2 Å². The van der Waals surface area contributed by atoms with Crippen LogP contribution in [0.25, 0.3) is 0 Å². The molecule has 19 heavy (non-hydrogen) atoms. The van der Waals surface area contributed by atoms with Gasteiger partial charge in [0.05, 0.1) is 10.4 Å².